The van der Waals surface area contributed by atoms with Crippen LogP contribution in [-0.2, 0) is 38.1 Å². The summed E-state index contributed by atoms with van der Waals surface area (Å²) in [7, 11) is 0. The van der Waals surface area contributed by atoms with Gasteiger partial charge in [-0.25, -0.2) is 0 Å². The van der Waals surface area contributed by atoms with Crippen LogP contribution >= 0.6 is 0 Å². The lowest BCUT2D eigenvalue weighted by Crippen LogP contribution is -2.12. The second-order valence-corrected chi connectivity index (χ2v) is 24.0. The van der Waals surface area contributed by atoms with Crippen LogP contribution in [0.25, 0.3) is 0 Å². The number of rotatable bonds is 58. The summed E-state index contributed by atoms with van der Waals surface area (Å²) in [6.07, 6.45) is 55.7. The van der Waals surface area contributed by atoms with E-state index in [1.54, 1.807) is 0 Å². The second-order valence-electron chi connectivity index (χ2n) is 24.0. The van der Waals surface area contributed by atoms with Crippen molar-refractivity contribution in [3.8, 4) is 0 Å². The fourth-order valence-corrected chi connectivity index (χ4v) is 10.0. The van der Waals surface area contributed by atoms with E-state index in [4.69, 9.17) is 18.9 Å². The molecule has 2 atom stereocenters. The zero-order valence-corrected chi connectivity index (χ0v) is 52.3. The molecule has 0 radical (unpaired) electrons. The average Bonchev–Trinajstić information content (AvgIpc) is 3.39. The van der Waals surface area contributed by atoms with Crippen molar-refractivity contribution in [3.63, 3.8) is 0 Å². The van der Waals surface area contributed by atoms with Gasteiger partial charge in [-0.3, -0.25) is 19.2 Å². The van der Waals surface area contributed by atoms with Crippen LogP contribution in [0.2, 0.25) is 0 Å². The van der Waals surface area contributed by atoms with Crippen molar-refractivity contribution in [2.75, 3.05) is 26.4 Å². The largest absolute Gasteiger partial charge is 0.466 e. The normalized spacial score (nSPS) is 12.1. The SMILES string of the molecule is CCC(CCCCCCCCCCCCC(=O)OCCCCCC(C)C)CC(=O)OCCCCCC(C)C.CCCCCCCCOC(=O)CCCCCCCCCCCCC(CC)CC(=O)OCCCCCCCC. The Morgan fingerprint density at radius 2 is 0.487 bits per heavy atom. The summed E-state index contributed by atoms with van der Waals surface area (Å²) in [5.41, 5.74) is 0. The van der Waals surface area contributed by atoms with Crippen molar-refractivity contribution in [2.45, 2.75) is 364 Å². The molecular weight excluding hydrogens is 945 g/mol. The molecule has 0 aromatic heterocycles. The molecule has 8 heteroatoms. The van der Waals surface area contributed by atoms with Crippen LogP contribution in [0, 0.1) is 23.7 Å². The minimum absolute atomic E-state index is 0.00474. The zero-order chi connectivity index (χ0) is 56.2. The lowest BCUT2D eigenvalue weighted by molar-refractivity contribution is -0.146. The first-order valence-corrected chi connectivity index (χ1v) is 33.6. The average molecular weight is 1080 g/mol. The predicted octanol–water partition coefficient (Wildman–Crippen LogP) is 21.5. The van der Waals surface area contributed by atoms with Gasteiger partial charge in [0.15, 0.2) is 0 Å². The molecule has 0 heterocycles. The smallest absolute Gasteiger partial charge is 0.306 e. The molecule has 0 spiro atoms. The van der Waals surface area contributed by atoms with Crippen molar-refractivity contribution >= 4 is 23.9 Å². The molecule has 0 aliphatic heterocycles. The molecule has 0 aliphatic rings. The lowest BCUT2D eigenvalue weighted by atomic mass is 9.95. The Labute approximate surface area is 473 Å². The molecule has 0 saturated carbocycles. The maximum Gasteiger partial charge on any atom is 0.306 e. The first-order valence-electron chi connectivity index (χ1n) is 33.6. The summed E-state index contributed by atoms with van der Waals surface area (Å²) >= 11 is 0. The zero-order valence-electron chi connectivity index (χ0n) is 52.3. The first-order chi connectivity index (χ1) is 37.0. The summed E-state index contributed by atoms with van der Waals surface area (Å²) in [5.74, 6) is 2.50. The molecule has 0 rings (SSSR count). The van der Waals surface area contributed by atoms with E-state index in [2.05, 4.69) is 55.4 Å². The van der Waals surface area contributed by atoms with Gasteiger partial charge in [0.05, 0.1) is 26.4 Å². The third kappa shape index (κ3) is 62.7. The van der Waals surface area contributed by atoms with E-state index < -0.39 is 0 Å². The standard InChI is InChI=1S/2C34H66O4/c1-6-32(29-34(36)38-28-22-16-18-24-31(4)5)25-19-13-11-9-7-8-10-12-14-20-26-33(35)37-27-21-15-17-23-30(2)3;1-4-7-9-11-21-25-29-37-33(35)28-24-20-18-16-14-13-15-17-19-23-27-32(6-3)31-34(36)38-30-26-22-12-10-8-5-2/h30-32H,6-29H2,1-5H3;32H,4-31H2,1-3H3. The highest BCUT2D eigenvalue weighted by Gasteiger charge is 2.15. The number of unbranched alkanes of at least 4 members (excludes halogenated alkanes) is 32. The topological polar surface area (TPSA) is 105 Å². The Morgan fingerprint density at radius 3 is 0.763 bits per heavy atom. The van der Waals surface area contributed by atoms with Crippen LogP contribution in [0.4, 0.5) is 0 Å². The molecule has 0 N–H and O–H groups in total. The van der Waals surface area contributed by atoms with Crippen LogP contribution in [-0.4, -0.2) is 50.3 Å². The third-order valence-electron chi connectivity index (χ3n) is 15.5. The van der Waals surface area contributed by atoms with Crippen molar-refractivity contribution in [3.05, 3.63) is 0 Å². The summed E-state index contributed by atoms with van der Waals surface area (Å²) in [6.45, 7) is 20.3. The van der Waals surface area contributed by atoms with Gasteiger partial charge >= 0.3 is 23.9 Å². The molecule has 0 aliphatic carbocycles. The highest BCUT2D eigenvalue weighted by Crippen LogP contribution is 2.22. The van der Waals surface area contributed by atoms with Gasteiger partial charge in [0.2, 0.25) is 0 Å². The third-order valence-corrected chi connectivity index (χ3v) is 15.5. The van der Waals surface area contributed by atoms with Gasteiger partial charge in [0.1, 0.15) is 0 Å². The van der Waals surface area contributed by atoms with E-state index in [0.29, 0.717) is 63.9 Å². The Kier molecular flexibility index (Phi) is 62.0. The van der Waals surface area contributed by atoms with E-state index in [-0.39, 0.29) is 23.9 Å². The van der Waals surface area contributed by atoms with Crippen molar-refractivity contribution in [1.82, 2.24) is 0 Å². The van der Waals surface area contributed by atoms with Crippen LogP contribution < -0.4 is 0 Å². The van der Waals surface area contributed by atoms with Crippen LogP contribution in [0.1, 0.15) is 364 Å². The molecule has 452 valence electrons. The fraction of sp³-hybridized carbons (Fsp3) is 0.941. The minimum atomic E-state index is -0.0106. The highest BCUT2D eigenvalue weighted by molar-refractivity contribution is 5.70. The summed E-state index contributed by atoms with van der Waals surface area (Å²) in [4.78, 5) is 47.9. The summed E-state index contributed by atoms with van der Waals surface area (Å²) in [5, 5.41) is 0. The molecule has 2 unspecified atom stereocenters. The Hall–Kier alpha value is -2.12. The fourth-order valence-electron chi connectivity index (χ4n) is 10.0. The molecule has 0 saturated heterocycles. The molecular formula is C68H132O8. The number of hydrogen-bond acceptors (Lipinski definition) is 8. The van der Waals surface area contributed by atoms with E-state index >= 15 is 0 Å². The van der Waals surface area contributed by atoms with E-state index in [1.807, 2.05) is 0 Å². The van der Waals surface area contributed by atoms with Gasteiger partial charge in [0.25, 0.3) is 0 Å². The van der Waals surface area contributed by atoms with E-state index in [1.165, 1.54) is 199 Å². The molecule has 76 heavy (non-hydrogen) atoms. The van der Waals surface area contributed by atoms with Gasteiger partial charge in [-0.15, -0.1) is 0 Å². The minimum Gasteiger partial charge on any atom is -0.466 e. The Morgan fingerprint density at radius 1 is 0.263 bits per heavy atom. The van der Waals surface area contributed by atoms with Gasteiger partial charge in [-0.05, 0) is 75.0 Å². The summed E-state index contributed by atoms with van der Waals surface area (Å²) in [6, 6.07) is 0. The Balaban J connectivity index is 0. The maximum absolute atomic E-state index is 12.1. The Bertz CT molecular complexity index is 1220. The van der Waals surface area contributed by atoms with Crippen molar-refractivity contribution < 1.29 is 38.1 Å². The van der Waals surface area contributed by atoms with Crippen molar-refractivity contribution in [1.29, 1.82) is 0 Å². The predicted molar refractivity (Wildman–Crippen MR) is 325 cm³/mol. The number of ether oxygens (including phenoxy) is 4. The molecule has 0 aromatic carbocycles. The molecule has 0 fully saturated rings. The van der Waals surface area contributed by atoms with Gasteiger partial charge in [0, 0.05) is 25.7 Å². The van der Waals surface area contributed by atoms with Gasteiger partial charge < -0.3 is 18.9 Å². The maximum atomic E-state index is 12.1. The number of hydrogen-bond donors (Lipinski definition) is 0. The van der Waals surface area contributed by atoms with E-state index in [9.17, 15) is 19.2 Å². The quantitative estimate of drug-likeness (QED) is 0.0337. The lowest BCUT2D eigenvalue weighted by Gasteiger charge is -2.14. The van der Waals surface area contributed by atoms with Crippen molar-refractivity contribution in [2.24, 2.45) is 23.7 Å². The summed E-state index contributed by atoms with van der Waals surface area (Å²) < 4.78 is 21.6. The van der Waals surface area contributed by atoms with Crippen LogP contribution in [0.15, 0.2) is 0 Å². The van der Waals surface area contributed by atoms with Crippen LogP contribution in [0.3, 0.4) is 0 Å². The van der Waals surface area contributed by atoms with Crippen LogP contribution in [0.5, 0.6) is 0 Å². The van der Waals surface area contributed by atoms with E-state index in [0.717, 1.165) is 95.3 Å². The molecule has 8 nitrogen and oxygen atoms in total. The first kappa shape index (κ1) is 75.9. The number of carbonyl (C=O) groups is 4. The number of carbonyl (C=O) groups excluding carboxylic acids is 4. The molecule has 0 aromatic rings. The highest BCUT2D eigenvalue weighted by atomic mass is 16.5. The monoisotopic (exact) mass is 1080 g/mol. The second kappa shape index (κ2) is 62.1. The van der Waals surface area contributed by atoms with Gasteiger partial charge in [-0.2, -0.15) is 0 Å². The number of esters is 4. The molecule has 0 amide bonds. The van der Waals surface area contributed by atoms with Gasteiger partial charge in [-0.1, -0.05) is 287 Å². The molecule has 0 bridgehead atoms.